The summed E-state index contributed by atoms with van der Waals surface area (Å²) >= 11 is 0. The van der Waals surface area contributed by atoms with E-state index in [2.05, 4.69) is 162 Å². The third-order valence-electron chi connectivity index (χ3n) is 9.29. The van der Waals surface area contributed by atoms with Crippen molar-refractivity contribution in [1.29, 1.82) is 0 Å². The van der Waals surface area contributed by atoms with Crippen molar-refractivity contribution in [1.82, 2.24) is 9.13 Å². The first kappa shape index (κ1) is 26.4. The Hall–Kier alpha value is -6.06. The number of nitrogens with zero attached hydrogens (tertiary/aromatic N) is 2. The maximum Gasteiger partial charge on any atom is 0.135 e. The van der Waals surface area contributed by atoms with E-state index in [1.165, 1.54) is 44.0 Å². The van der Waals surface area contributed by atoms with Crippen LogP contribution in [0.3, 0.4) is 0 Å². The van der Waals surface area contributed by atoms with Crippen molar-refractivity contribution in [3.63, 3.8) is 0 Å². The molecule has 9 aromatic rings. The lowest BCUT2D eigenvalue weighted by Crippen LogP contribution is -1.96. The van der Waals surface area contributed by atoms with Crippen LogP contribution in [0.25, 0.3) is 83.2 Å². The van der Waals surface area contributed by atoms with Crippen LogP contribution in [0.4, 0.5) is 0 Å². The molecular weight excluding hydrogens is 560 g/mol. The summed E-state index contributed by atoms with van der Waals surface area (Å²) in [5.41, 5.74) is 12.3. The summed E-state index contributed by atoms with van der Waals surface area (Å²) in [4.78, 5) is 0. The molecule has 0 atom stereocenters. The molecule has 0 aliphatic heterocycles. The van der Waals surface area contributed by atoms with E-state index >= 15 is 0 Å². The molecule has 0 saturated carbocycles. The Labute approximate surface area is 266 Å². The topological polar surface area (TPSA) is 23.0 Å². The summed E-state index contributed by atoms with van der Waals surface area (Å²) in [7, 11) is 0. The molecule has 9 rings (SSSR count). The van der Waals surface area contributed by atoms with Crippen molar-refractivity contribution in [2.24, 2.45) is 0 Å². The van der Waals surface area contributed by atoms with E-state index < -0.39 is 0 Å². The highest BCUT2D eigenvalue weighted by molar-refractivity contribution is 6.10. The summed E-state index contributed by atoms with van der Waals surface area (Å²) in [5.74, 6) is 0. The van der Waals surface area contributed by atoms with E-state index in [-0.39, 0.29) is 0 Å². The first-order valence-corrected chi connectivity index (χ1v) is 15.6. The average Bonchev–Trinajstić information content (AvgIpc) is 3.73. The number of fused-ring (bicyclic) bond motifs is 7. The molecule has 0 unspecified atom stereocenters. The number of hydrogen-bond donors (Lipinski definition) is 0. The third-order valence-corrected chi connectivity index (χ3v) is 9.29. The molecule has 0 amide bonds. The Morgan fingerprint density at radius 3 is 1.83 bits per heavy atom. The lowest BCUT2D eigenvalue weighted by Gasteiger charge is -2.10. The summed E-state index contributed by atoms with van der Waals surface area (Å²) in [6, 6.07) is 47.8. The minimum absolute atomic E-state index is 0.885. The van der Waals surface area contributed by atoms with Crippen LogP contribution in [-0.2, 0) is 0 Å². The normalized spacial score (nSPS) is 12.0. The van der Waals surface area contributed by atoms with Crippen LogP contribution in [0.15, 0.2) is 157 Å². The molecule has 0 N–H and O–H groups in total. The molecular formula is C43H30N2O. The van der Waals surface area contributed by atoms with Crippen LogP contribution < -0.4 is 0 Å². The van der Waals surface area contributed by atoms with Gasteiger partial charge in [-0.2, -0.15) is 0 Å². The number of rotatable bonds is 5. The maximum atomic E-state index is 6.35. The van der Waals surface area contributed by atoms with Gasteiger partial charge in [0.15, 0.2) is 0 Å². The van der Waals surface area contributed by atoms with Gasteiger partial charge >= 0.3 is 0 Å². The van der Waals surface area contributed by atoms with Crippen molar-refractivity contribution >= 4 is 60.7 Å². The zero-order chi connectivity index (χ0) is 30.8. The van der Waals surface area contributed by atoms with Gasteiger partial charge in [0, 0.05) is 49.6 Å². The summed E-state index contributed by atoms with van der Waals surface area (Å²) < 4.78 is 11.1. The van der Waals surface area contributed by atoms with Crippen LogP contribution >= 0.6 is 0 Å². The second kappa shape index (κ2) is 10.3. The molecule has 6 aromatic carbocycles. The lowest BCUT2D eigenvalue weighted by molar-refractivity contribution is 0.669. The fourth-order valence-electron chi connectivity index (χ4n) is 7.21. The molecule has 218 valence electrons. The van der Waals surface area contributed by atoms with Crippen LogP contribution in [0.2, 0.25) is 0 Å². The van der Waals surface area contributed by atoms with Gasteiger partial charge in [0.05, 0.1) is 16.6 Å². The van der Waals surface area contributed by atoms with Crippen molar-refractivity contribution in [2.45, 2.75) is 6.92 Å². The Kier molecular flexibility index (Phi) is 5.87. The minimum atomic E-state index is 0.885. The van der Waals surface area contributed by atoms with Gasteiger partial charge in [0.25, 0.3) is 0 Å². The molecule has 0 aliphatic carbocycles. The maximum absolute atomic E-state index is 6.35. The van der Waals surface area contributed by atoms with Crippen LogP contribution in [0.1, 0.15) is 11.3 Å². The number of aromatic nitrogens is 2. The van der Waals surface area contributed by atoms with Crippen LogP contribution in [0.5, 0.6) is 0 Å². The molecule has 0 spiro atoms. The van der Waals surface area contributed by atoms with E-state index in [0.29, 0.717) is 0 Å². The molecule has 0 fully saturated rings. The number of para-hydroxylation sites is 3. The largest absolute Gasteiger partial charge is 0.456 e. The highest BCUT2D eigenvalue weighted by Crippen LogP contribution is 2.37. The Bertz CT molecular complexity index is 2620. The number of furan rings is 1. The molecule has 0 aliphatic rings. The number of allylic oxidation sites excluding steroid dienone is 2. The van der Waals surface area contributed by atoms with Crippen LogP contribution in [-0.4, -0.2) is 9.13 Å². The van der Waals surface area contributed by atoms with Gasteiger partial charge in [0.1, 0.15) is 11.2 Å². The molecule has 0 radical (unpaired) electrons. The molecule has 3 nitrogen and oxygen atoms in total. The fraction of sp³-hybridized carbons (Fsp3) is 0.0233. The standard InChI is InChI=1S/C43H30N2O/c1-3-4-14-33-28(2)44(39-18-8-5-15-34(33)39)32-22-24-43-38(27-32)37-26-30(21-23-42(37)46-43)29-12-11-13-31(25-29)45-40-19-9-6-16-35(40)36-17-7-10-20-41(36)45/h3-27H,1H2,2H3/b14-4-. The van der Waals surface area contributed by atoms with E-state index in [0.717, 1.165) is 44.4 Å². The Balaban J connectivity index is 1.20. The zero-order valence-electron chi connectivity index (χ0n) is 25.4. The average molecular weight is 591 g/mol. The van der Waals surface area contributed by atoms with Gasteiger partial charge in [0.2, 0.25) is 0 Å². The van der Waals surface area contributed by atoms with Crippen LogP contribution in [0, 0.1) is 6.92 Å². The fourth-order valence-corrected chi connectivity index (χ4v) is 7.21. The van der Waals surface area contributed by atoms with E-state index in [9.17, 15) is 0 Å². The molecule has 0 bridgehead atoms. The zero-order valence-corrected chi connectivity index (χ0v) is 25.4. The van der Waals surface area contributed by atoms with Crippen molar-refractivity contribution < 1.29 is 4.42 Å². The smallest absolute Gasteiger partial charge is 0.135 e. The predicted molar refractivity (Wildman–Crippen MR) is 194 cm³/mol. The first-order chi connectivity index (χ1) is 22.7. The van der Waals surface area contributed by atoms with Gasteiger partial charge in [-0.3, -0.25) is 0 Å². The number of benzene rings is 6. The predicted octanol–water partition coefficient (Wildman–Crippen LogP) is 11.8. The summed E-state index contributed by atoms with van der Waals surface area (Å²) in [6.07, 6.45) is 5.97. The molecule has 46 heavy (non-hydrogen) atoms. The monoisotopic (exact) mass is 590 g/mol. The Morgan fingerprint density at radius 1 is 0.522 bits per heavy atom. The highest BCUT2D eigenvalue weighted by Gasteiger charge is 2.16. The third kappa shape index (κ3) is 3.92. The summed E-state index contributed by atoms with van der Waals surface area (Å²) in [5, 5.41) is 5.96. The molecule has 0 saturated heterocycles. The molecule has 3 heterocycles. The second-order valence-corrected chi connectivity index (χ2v) is 11.9. The minimum Gasteiger partial charge on any atom is -0.456 e. The molecule has 3 aromatic heterocycles. The second-order valence-electron chi connectivity index (χ2n) is 11.9. The van der Waals surface area contributed by atoms with Gasteiger partial charge < -0.3 is 13.6 Å². The van der Waals surface area contributed by atoms with Crippen molar-refractivity contribution in [3.8, 4) is 22.5 Å². The van der Waals surface area contributed by atoms with Crippen molar-refractivity contribution in [2.75, 3.05) is 0 Å². The lowest BCUT2D eigenvalue weighted by atomic mass is 10.0. The number of hydrogen-bond acceptors (Lipinski definition) is 1. The first-order valence-electron chi connectivity index (χ1n) is 15.6. The quantitative estimate of drug-likeness (QED) is 0.183. The summed E-state index contributed by atoms with van der Waals surface area (Å²) in [6.45, 7) is 6.06. The molecule has 3 heteroatoms. The SMILES string of the molecule is C=C/C=C\c1c(C)n(-c2ccc3oc4ccc(-c5cccc(-n6c7ccccc7c7ccccc76)c5)cc4c3c2)c2ccccc12. The van der Waals surface area contributed by atoms with Gasteiger partial charge in [-0.15, -0.1) is 0 Å². The Morgan fingerprint density at radius 2 is 1.11 bits per heavy atom. The van der Waals surface area contributed by atoms with Gasteiger partial charge in [-0.05, 0) is 78.7 Å². The van der Waals surface area contributed by atoms with E-state index in [1.54, 1.807) is 0 Å². The van der Waals surface area contributed by atoms with Gasteiger partial charge in [-0.25, -0.2) is 0 Å². The van der Waals surface area contributed by atoms with Crippen molar-refractivity contribution in [3.05, 3.63) is 163 Å². The van der Waals surface area contributed by atoms with E-state index in [4.69, 9.17) is 4.42 Å². The van der Waals surface area contributed by atoms with Gasteiger partial charge in [-0.1, -0.05) is 97.6 Å². The van der Waals surface area contributed by atoms with E-state index in [1.807, 2.05) is 12.2 Å². The highest BCUT2D eigenvalue weighted by atomic mass is 16.3.